The lowest BCUT2D eigenvalue weighted by Crippen LogP contribution is -2.45. The van der Waals surface area contributed by atoms with Crippen molar-refractivity contribution in [2.45, 2.75) is 12.8 Å². The van der Waals surface area contributed by atoms with Crippen molar-refractivity contribution in [3.05, 3.63) is 40.3 Å². The van der Waals surface area contributed by atoms with E-state index in [9.17, 15) is 14.4 Å². The fourth-order valence-corrected chi connectivity index (χ4v) is 2.66. The van der Waals surface area contributed by atoms with E-state index in [0.717, 1.165) is 0 Å². The zero-order chi connectivity index (χ0) is 17.6. The monoisotopic (exact) mass is 344 g/mol. The SMILES string of the molecule is O=C(CCc1nc2ccccc2[nH]c1=O)NCC(=O)N1CCOCC1. The van der Waals surface area contributed by atoms with Crippen molar-refractivity contribution in [2.24, 2.45) is 0 Å². The molecule has 0 unspecified atom stereocenters. The van der Waals surface area contributed by atoms with Gasteiger partial charge in [0.15, 0.2) is 0 Å². The number of nitrogens with zero attached hydrogens (tertiary/aromatic N) is 2. The number of carbonyl (C=O) groups excluding carboxylic acids is 2. The van der Waals surface area contributed by atoms with E-state index in [-0.39, 0.29) is 36.8 Å². The second-order valence-electron chi connectivity index (χ2n) is 5.80. The smallest absolute Gasteiger partial charge is 0.270 e. The summed E-state index contributed by atoms with van der Waals surface area (Å²) in [5.74, 6) is -0.408. The van der Waals surface area contributed by atoms with Gasteiger partial charge < -0.3 is 19.9 Å². The highest BCUT2D eigenvalue weighted by Crippen LogP contribution is 2.06. The average Bonchev–Trinajstić information content (AvgIpc) is 2.65. The van der Waals surface area contributed by atoms with Gasteiger partial charge in [0, 0.05) is 25.9 Å². The number of H-pyrrole nitrogens is 1. The Hall–Kier alpha value is -2.74. The number of aryl methyl sites for hydroxylation is 1. The summed E-state index contributed by atoms with van der Waals surface area (Å²) in [5, 5.41) is 2.60. The van der Waals surface area contributed by atoms with Crippen LogP contribution in [0.4, 0.5) is 0 Å². The van der Waals surface area contributed by atoms with E-state index in [1.807, 2.05) is 12.1 Å². The van der Waals surface area contributed by atoms with Crippen LogP contribution in [-0.4, -0.2) is 59.5 Å². The van der Waals surface area contributed by atoms with Gasteiger partial charge in [-0.1, -0.05) is 12.1 Å². The molecule has 1 fully saturated rings. The third-order valence-corrected chi connectivity index (χ3v) is 4.06. The number of fused-ring (bicyclic) bond motifs is 1. The summed E-state index contributed by atoms with van der Waals surface area (Å²) in [6, 6.07) is 7.23. The molecular weight excluding hydrogens is 324 g/mol. The van der Waals surface area contributed by atoms with Gasteiger partial charge in [0.05, 0.1) is 30.8 Å². The van der Waals surface area contributed by atoms with Crippen LogP contribution in [0.15, 0.2) is 29.1 Å². The molecule has 3 rings (SSSR count). The number of rotatable bonds is 5. The average molecular weight is 344 g/mol. The molecule has 1 saturated heterocycles. The Balaban J connectivity index is 1.51. The van der Waals surface area contributed by atoms with E-state index < -0.39 is 0 Å². The number of benzene rings is 1. The largest absolute Gasteiger partial charge is 0.378 e. The van der Waals surface area contributed by atoms with Crippen molar-refractivity contribution in [1.82, 2.24) is 20.2 Å². The number of nitrogens with one attached hydrogen (secondary N) is 2. The van der Waals surface area contributed by atoms with Gasteiger partial charge in [-0.3, -0.25) is 14.4 Å². The third kappa shape index (κ3) is 4.42. The Morgan fingerprint density at radius 3 is 2.80 bits per heavy atom. The van der Waals surface area contributed by atoms with Crippen LogP contribution >= 0.6 is 0 Å². The number of hydrogen-bond acceptors (Lipinski definition) is 5. The molecule has 2 heterocycles. The number of aromatic amines is 1. The van der Waals surface area contributed by atoms with Crippen LogP contribution in [0.5, 0.6) is 0 Å². The van der Waals surface area contributed by atoms with Gasteiger partial charge in [0.25, 0.3) is 5.56 Å². The standard InChI is InChI=1S/C17H20N4O4/c22-15(18-11-16(23)21-7-9-25-10-8-21)6-5-14-17(24)20-13-4-2-1-3-12(13)19-14/h1-4H,5-11H2,(H,18,22)(H,20,24). The number of hydrogen-bond donors (Lipinski definition) is 2. The second kappa shape index (κ2) is 7.89. The van der Waals surface area contributed by atoms with Gasteiger partial charge in [0.2, 0.25) is 11.8 Å². The molecule has 1 aliphatic heterocycles. The Bertz CT molecular complexity index is 827. The molecule has 0 bridgehead atoms. The molecule has 2 amide bonds. The number of amides is 2. The lowest BCUT2D eigenvalue weighted by Gasteiger charge is -2.26. The Labute approximate surface area is 144 Å². The molecule has 0 saturated carbocycles. The van der Waals surface area contributed by atoms with Crippen LogP contribution in [0.25, 0.3) is 11.0 Å². The number of morpholine rings is 1. The highest BCUT2D eigenvalue weighted by molar-refractivity contribution is 5.84. The first-order valence-electron chi connectivity index (χ1n) is 8.23. The number of aromatic nitrogens is 2. The van der Waals surface area contributed by atoms with E-state index >= 15 is 0 Å². The lowest BCUT2D eigenvalue weighted by molar-refractivity contribution is -0.136. The minimum Gasteiger partial charge on any atom is -0.378 e. The summed E-state index contributed by atoms with van der Waals surface area (Å²) in [6.45, 7) is 2.10. The van der Waals surface area contributed by atoms with Gasteiger partial charge in [0.1, 0.15) is 5.69 Å². The molecule has 1 aromatic heterocycles. The van der Waals surface area contributed by atoms with Crippen molar-refractivity contribution in [3.63, 3.8) is 0 Å². The first kappa shape index (κ1) is 17.1. The maximum absolute atomic E-state index is 12.0. The maximum Gasteiger partial charge on any atom is 0.270 e. The van der Waals surface area contributed by atoms with Gasteiger partial charge in [-0.25, -0.2) is 4.98 Å². The molecule has 0 aliphatic carbocycles. The van der Waals surface area contributed by atoms with Gasteiger partial charge in [-0.2, -0.15) is 0 Å². The second-order valence-corrected chi connectivity index (χ2v) is 5.80. The zero-order valence-electron chi connectivity index (χ0n) is 13.8. The fourth-order valence-electron chi connectivity index (χ4n) is 2.66. The summed E-state index contributed by atoms with van der Waals surface area (Å²) < 4.78 is 5.18. The van der Waals surface area contributed by atoms with Gasteiger partial charge >= 0.3 is 0 Å². The highest BCUT2D eigenvalue weighted by atomic mass is 16.5. The molecule has 0 spiro atoms. The highest BCUT2D eigenvalue weighted by Gasteiger charge is 2.17. The summed E-state index contributed by atoms with van der Waals surface area (Å²) in [4.78, 5) is 44.6. The molecule has 1 aromatic carbocycles. The molecule has 25 heavy (non-hydrogen) atoms. The van der Waals surface area contributed by atoms with Crippen molar-refractivity contribution >= 4 is 22.8 Å². The third-order valence-electron chi connectivity index (χ3n) is 4.06. The summed E-state index contributed by atoms with van der Waals surface area (Å²) in [6.07, 6.45) is 0.322. The van der Waals surface area contributed by atoms with E-state index in [2.05, 4.69) is 15.3 Å². The molecule has 8 nitrogen and oxygen atoms in total. The topological polar surface area (TPSA) is 104 Å². The Morgan fingerprint density at radius 2 is 2.00 bits per heavy atom. The van der Waals surface area contributed by atoms with E-state index in [1.165, 1.54) is 0 Å². The van der Waals surface area contributed by atoms with Crippen molar-refractivity contribution in [3.8, 4) is 0 Å². The first-order chi connectivity index (χ1) is 12.1. The van der Waals surface area contributed by atoms with Crippen LogP contribution in [-0.2, 0) is 20.7 Å². The quantitative estimate of drug-likeness (QED) is 0.784. The molecule has 0 atom stereocenters. The van der Waals surface area contributed by atoms with Gasteiger partial charge in [-0.15, -0.1) is 0 Å². The molecule has 1 aliphatic rings. The van der Waals surface area contributed by atoms with E-state index in [4.69, 9.17) is 4.74 Å². The Morgan fingerprint density at radius 1 is 1.24 bits per heavy atom. The molecule has 0 radical (unpaired) electrons. The van der Waals surface area contributed by atoms with Crippen molar-refractivity contribution in [1.29, 1.82) is 0 Å². The summed E-state index contributed by atoms with van der Waals surface area (Å²) in [5.41, 5.74) is 1.36. The van der Waals surface area contributed by atoms with Crippen LogP contribution in [0.3, 0.4) is 0 Å². The molecule has 2 N–H and O–H groups in total. The molecule has 8 heteroatoms. The maximum atomic E-state index is 12.0. The van der Waals surface area contributed by atoms with E-state index in [1.54, 1.807) is 17.0 Å². The predicted molar refractivity (Wildman–Crippen MR) is 91.1 cm³/mol. The zero-order valence-corrected chi connectivity index (χ0v) is 13.8. The fraction of sp³-hybridized carbons (Fsp3) is 0.412. The molecule has 132 valence electrons. The van der Waals surface area contributed by atoms with Crippen LogP contribution in [0.2, 0.25) is 0 Å². The van der Waals surface area contributed by atoms with Gasteiger partial charge in [-0.05, 0) is 12.1 Å². The summed E-state index contributed by atoms with van der Waals surface area (Å²) in [7, 11) is 0. The minimum absolute atomic E-state index is 0.0413. The van der Waals surface area contributed by atoms with Crippen LogP contribution in [0, 0.1) is 0 Å². The van der Waals surface area contributed by atoms with Crippen LogP contribution in [0.1, 0.15) is 12.1 Å². The molecular formula is C17H20N4O4. The summed E-state index contributed by atoms with van der Waals surface area (Å²) >= 11 is 0. The van der Waals surface area contributed by atoms with Crippen LogP contribution < -0.4 is 10.9 Å². The number of ether oxygens (including phenoxy) is 1. The number of para-hydroxylation sites is 2. The lowest BCUT2D eigenvalue weighted by atomic mass is 10.2. The minimum atomic E-state index is -0.295. The normalized spacial score (nSPS) is 14.5. The van der Waals surface area contributed by atoms with Crippen molar-refractivity contribution < 1.29 is 14.3 Å². The predicted octanol–water partition coefficient (Wildman–Crippen LogP) is -0.169. The number of carbonyl (C=O) groups is 2. The van der Waals surface area contributed by atoms with E-state index in [0.29, 0.717) is 43.0 Å². The van der Waals surface area contributed by atoms with Crippen molar-refractivity contribution in [2.75, 3.05) is 32.8 Å². The Kier molecular flexibility index (Phi) is 5.39. The first-order valence-corrected chi connectivity index (χ1v) is 8.23. The molecule has 2 aromatic rings.